The smallest absolute Gasteiger partial charge is 0.235 e. The standard InChI is InChI=1S/C8H14N2O2S/c9-6-3-10(4-6)8(11)5-13(12)7-1-2-7/h6-7H,1-5,9H2. The van der Waals surface area contributed by atoms with Gasteiger partial charge in [0.05, 0.1) is 0 Å². The average Bonchev–Trinajstić information content (AvgIpc) is 2.80. The summed E-state index contributed by atoms with van der Waals surface area (Å²) >= 11 is 0. The molecule has 1 unspecified atom stereocenters. The van der Waals surface area contributed by atoms with Crippen LogP contribution in [-0.4, -0.2) is 45.2 Å². The van der Waals surface area contributed by atoms with E-state index in [-0.39, 0.29) is 17.7 Å². The fourth-order valence-corrected chi connectivity index (χ4v) is 2.70. The number of carbonyl (C=O) groups is 1. The molecule has 4 nitrogen and oxygen atoms in total. The quantitative estimate of drug-likeness (QED) is 0.643. The molecule has 2 fully saturated rings. The molecule has 0 aromatic carbocycles. The van der Waals surface area contributed by atoms with Crippen LogP contribution in [0, 0.1) is 0 Å². The Balaban J connectivity index is 1.74. The van der Waals surface area contributed by atoms with Gasteiger partial charge in [-0.15, -0.1) is 0 Å². The zero-order chi connectivity index (χ0) is 9.42. The molecule has 1 amide bonds. The molecule has 13 heavy (non-hydrogen) atoms. The maximum absolute atomic E-state index is 11.4. The van der Waals surface area contributed by atoms with E-state index in [4.69, 9.17) is 5.73 Å². The van der Waals surface area contributed by atoms with Crippen molar-refractivity contribution in [2.24, 2.45) is 5.73 Å². The molecule has 5 heteroatoms. The third kappa shape index (κ3) is 2.08. The molecule has 0 aromatic heterocycles. The molecule has 0 radical (unpaired) electrons. The first-order chi connectivity index (χ1) is 6.16. The van der Waals surface area contributed by atoms with Gasteiger partial charge in [-0.3, -0.25) is 9.00 Å². The van der Waals surface area contributed by atoms with Crippen molar-refractivity contribution in [1.29, 1.82) is 0 Å². The second-order valence-electron chi connectivity index (χ2n) is 3.78. The van der Waals surface area contributed by atoms with Crippen molar-refractivity contribution < 1.29 is 9.00 Å². The van der Waals surface area contributed by atoms with E-state index in [9.17, 15) is 9.00 Å². The molecule has 1 atom stereocenters. The van der Waals surface area contributed by atoms with E-state index in [0.717, 1.165) is 12.8 Å². The molecule has 1 saturated heterocycles. The Kier molecular flexibility index (Phi) is 2.38. The summed E-state index contributed by atoms with van der Waals surface area (Å²) in [6.07, 6.45) is 2.05. The second-order valence-corrected chi connectivity index (χ2v) is 5.50. The molecule has 74 valence electrons. The number of carbonyl (C=O) groups excluding carboxylic acids is 1. The molecular formula is C8H14N2O2S. The third-order valence-electron chi connectivity index (χ3n) is 2.42. The predicted octanol–water partition coefficient (Wildman–Crippen LogP) is -0.933. The molecular weight excluding hydrogens is 188 g/mol. The van der Waals surface area contributed by atoms with Gasteiger partial charge in [0.15, 0.2) is 0 Å². The van der Waals surface area contributed by atoms with Crippen LogP contribution in [0.1, 0.15) is 12.8 Å². The van der Waals surface area contributed by atoms with Gasteiger partial charge >= 0.3 is 0 Å². The number of hydrogen-bond acceptors (Lipinski definition) is 3. The minimum Gasteiger partial charge on any atom is -0.339 e. The largest absolute Gasteiger partial charge is 0.339 e. The summed E-state index contributed by atoms with van der Waals surface area (Å²) in [4.78, 5) is 13.1. The molecule has 0 spiro atoms. The van der Waals surface area contributed by atoms with E-state index in [0.29, 0.717) is 18.3 Å². The van der Waals surface area contributed by atoms with Gasteiger partial charge in [0, 0.05) is 35.2 Å². The average molecular weight is 202 g/mol. The van der Waals surface area contributed by atoms with Gasteiger partial charge in [0.1, 0.15) is 5.75 Å². The van der Waals surface area contributed by atoms with E-state index in [1.165, 1.54) is 0 Å². The molecule has 1 aliphatic heterocycles. The summed E-state index contributed by atoms with van der Waals surface area (Å²) in [6.45, 7) is 1.28. The van der Waals surface area contributed by atoms with Crippen molar-refractivity contribution in [3.8, 4) is 0 Å². The van der Waals surface area contributed by atoms with Gasteiger partial charge in [-0.25, -0.2) is 0 Å². The predicted molar refractivity (Wildman–Crippen MR) is 50.6 cm³/mol. The first kappa shape index (κ1) is 9.15. The van der Waals surface area contributed by atoms with Crippen molar-refractivity contribution in [2.45, 2.75) is 24.1 Å². The van der Waals surface area contributed by atoms with Gasteiger partial charge in [-0.05, 0) is 12.8 Å². The van der Waals surface area contributed by atoms with E-state index in [2.05, 4.69) is 0 Å². The topological polar surface area (TPSA) is 63.4 Å². The van der Waals surface area contributed by atoms with Crippen LogP contribution in [-0.2, 0) is 15.6 Å². The Morgan fingerprint density at radius 3 is 2.54 bits per heavy atom. The highest BCUT2D eigenvalue weighted by Crippen LogP contribution is 2.26. The van der Waals surface area contributed by atoms with Gasteiger partial charge in [-0.1, -0.05) is 0 Å². The van der Waals surface area contributed by atoms with Crippen molar-refractivity contribution in [3.63, 3.8) is 0 Å². The number of nitrogens with two attached hydrogens (primary N) is 1. The van der Waals surface area contributed by atoms with Crippen molar-refractivity contribution >= 4 is 16.7 Å². The summed E-state index contributed by atoms with van der Waals surface area (Å²) in [7, 11) is -0.922. The van der Waals surface area contributed by atoms with E-state index < -0.39 is 10.8 Å². The van der Waals surface area contributed by atoms with Gasteiger partial charge in [0.2, 0.25) is 5.91 Å². The lowest BCUT2D eigenvalue weighted by Crippen LogP contribution is -2.58. The molecule has 0 bridgehead atoms. The normalized spacial score (nSPS) is 25.5. The Morgan fingerprint density at radius 1 is 1.46 bits per heavy atom. The zero-order valence-corrected chi connectivity index (χ0v) is 8.26. The number of nitrogens with zero attached hydrogens (tertiary/aromatic N) is 1. The van der Waals surface area contributed by atoms with Gasteiger partial charge in [-0.2, -0.15) is 0 Å². The Bertz CT molecular complexity index is 247. The number of amides is 1. The van der Waals surface area contributed by atoms with Gasteiger partial charge in [0.25, 0.3) is 0 Å². The third-order valence-corrected chi connectivity index (χ3v) is 4.17. The Hall–Kier alpha value is -0.420. The highest BCUT2D eigenvalue weighted by atomic mass is 32.2. The van der Waals surface area contributed by atoms with Crippen LogP contribution in [0.3, 0.4) is 0 Å². The molecule has 0 aromatic rings. The first-order valence-corrected chi connectivity index (χ1v) is 5.95. The van der Waals surface area contributed by atoms with Crippen LogP contribution in [0.5, 0.6) is 0 Å². The maximum atomic E-state index is 11.4. The zero-order valence-electron chi connectivity index (χ0n) is 7.44. The lowest BCUT2D eigenvalue weighted by Gasteiger charge is -2.36. The summed E-state index contributed by atoms with van der Waals surface area (Å²) in [5, 5.41) is 0.305. The minimum absolute atomic E-state index is 0.00642. The van der Waals surface area contributed by atoms with Crippen LogP contribution in [0.2, 0.25) is 0 Å². The molecule has 1 heterocycles. The molecule has 2 N–H and O–H groups in total. The maximum Gasteiger partial charge on any atom is 0.235 e. The van der Waals surface area contributed by atoms with Crippen LogP contribution < -0.4 is 5.73 Å². The van der Waals surface area contributed by atoms with Crippen molar-refractivity contribution in [1.82, 2.24) is 4.90 Å². The Labute approximate surface area is 79.9 Å². The summed E-state index contributed by atoms with van der Waals surface area (Å²) in [5.74, 6) is 0.212. The second kappa shape index (κ2) is 3.38. The van der Waals surface area contributed by atoms with E-state index >= 15 is 0 Å². The summed E-state index contributed by atoms with van der Waals surface area (Å²) in [5.41, 5.74) is 5.54. The van der Waals surface area contributed by atoms with E-state index in [1.807, 2.05) is 0 Å². The molecule has 2 rings (SSSR count). The number of hydrogen-bond donors (Lipinski definition) is 1. The highest BCUT2D eigenvalue weighted by molar-refractivity contribution is 7.86. The molecule has 2 aliphatic rings. The van der Waals surface area contributed by atoms with Crippen LogP contribution >= 0.6 is 0 Å². The summed E-state index contributed by atoms with van der Waals surface area (Å²) < 4.78 is 11.4. The molecule has 1 saturated carbocycles. The molecule has 1 aliphatic carbocycles. The minimum atomic E-state index is -0.922. The Morgan fingerprint density at radius 2 is 2.08 bits per heavy atom. The van der Waals surface area contributed by atoms with Crippen LogP contribution in [0.25, 0.3) is 0 Å². The SMILES string of the molecule is NC1CN(C(=O)CS(=O)C2CC2)C1. The van der Waals surface area contributed by atoms with E-state index in [1.54, 1.807) is 4.90 Å². The number of rotatable bonds is 3. The lowest BCUT2D eigenvalue weighted by atomic mass is 10.1. The van der Waals surface area contributed by atoms with Crippen molar-refractivity contribution in [3.05, 3.63) is 0 Å². The highest BCUT2D eigenvalue weighted by Gasteiger charge is 2.33. The monoisotopic (exact) mass is 202 g/mol. The fourth-order valence-electron chi connectivity index (χ4n) is 1.38. The van der Waals surface area contributed by atoms with Crippen LogP contribution in [0.15, 0.2) is 0 Å². The number of likely N-dealkylation sites (tertiary alicyclic amines) is 1. The van der Waals surface area contributed by atoms with Gasteiger partial charge < -0.3 is 10.6 Å². The summed E-state index contributed by atoms with van der Waals surface area (Å²) in [6, 6.07) is 0.137. The lowest BCUT2D eigenvalue weighted by molar-refractivity contribution is -0.132. The van der Waals surface area contributed by atoms with Crippen LogP contribution in [0.4, 0.5) is 0 Å². The fraction of sp³-hybridized carbons (Fsp3) is 0.875. The van der Waals surface area contributed by atoms with Crippen molar-refractivity contribution in [2.75, 3.05) is 18.8 Å². The first-order valence-electron chi connectivity index (χ1n) is 4.57.